The van der Waals surface area contributed by atoms with E-state index in [2.05, 4.69) is 6.58 Å². The molecule has 0 spiro atoms. The van der Waals surface area contributed by atoms with Gasteiger partial charge in [0.2, 0.25) is 0 Å². The molecule has 1 fully saturated rings. The molecule has 1 saturated carbocycles. The summed E-state index contributed by atoms with van der Waals surface area (Å²) in [5.41, 5.74) is 5.71. The van der Waals surface area contributed by atoms with Crippen LogP contribution >= 0.6 is 0 Å². The lowest BCUT2D eigenvalue weighted by molar-refractivity contribution is 0.365. The molecular weight excluding hydrogens is 146 g/mol. The Bertz CT molecular complexity index is 131. The minimum absolute atomic E-state index is 0.829. The van der Waals surface area contributed by atoms with Gasteiger partial charge in [0.05, 0.1) is 0 Å². The average Bonchev–Trinajstić information content (AvgIpc) is 2.52. The zero-order valence-corrected chi connectivity index (χ0v) is 7.97. The van der Waals surface area contributed by atoms with E-state index in [-0.39, 0.29) is 0 Å². The molecule has 1 aliphatic carbocycles. The van der Waals surface area contributed by atoms with Gasteiger partial charge >= 0.3 is 0 Å². The van der Waals surface area contributed by atoms with Gasteiger partial charge in [0.15, 0.2) is 0 Å². The van der Waals surface area contributed by atoms with E-state index in [0.717, 1.165) is 18.4 Å². The SMILES string of the molecule is C=CCCCC1CCCC1CN. The Morgan fingerprint density at radius 2 is 2.08 bits per heavy atom. The maximum Gasteiger partial charge on any atom is -0.00462 e. The molecule has 0 aliphatic heterocycles. The Hall–Kier alpha value is -0.300. The van der Waals surface area contributed by atoms with Gasteiger partial charge in [0.25, 0.3) is 0 Å². The van der Waals surface area contributed by atoms with Crippen LogP contribution in [0.25, 0.3) is 0 Å². The van der Waals surface area contributed by atoms with Crippen LogP contribution in [0.2, 0.25) is 0 Å². The monoisotopic (exact) mass is 167 g/mol. The molecule has 0 aromatic carbocycles. The van der Waals surface area contributed by atoms with Crippen molar-refractivity contribution in [2.24, 2.45) is 17.6 Å². The molecule has 1 aliphatic rings. The van der Waals surface area contributed by atoms with Gasteiger partial charge in [-0.3, -0.25) is 0 Å². The third kappa shape index (κ3) is 2.63. The van der Waals surface area contributed by atoms with Gasteiger partial charge in [0, 0.05) is 0 Å². The average molecular weight is 167 g/mol. The first-order valence-electron chi connectivity index (χ1n) is 5.19. The summed E-state index contributed by atoms with van der Waals surface area (Å²) in [7, 11) is 0. The fourth-order valence-electron chi connectivity index (χ4n) is 2.33. The third-order valence-electron chi connectivity index (χ3n) is 3.10. The first-order valence-corrected chi connectivity index (χ1v) is 5.19. The van der Waals surface area contributed by atoms with Crippen molar-refractivity contribution in [1.82, 2.24) is 0 Å². The smallest absolute Gasteiger partial charge is 0.00462 e. The molecule has 0 aromatic heterocycles. The number of rotatable bonds is 5. The van der Waals surface area contributed by atoms with E-state index in [4.69, 9.17) is 5.73 Å². The molecule has 2 atom stereocenters. The van der Waals surface area contributed by atoms with Crippen molar-refractivity contribution in [2.75, 3.05) is 6.54 Å². The van der Waals surface area contributed by atoms with Crippen molar-refractivity contribution in [1.29, 1.82) is 0 Å². The quantitative estimate of drug-likeness (QED) is 0.494. The van der Waals surface area contributed by atoms with Crippen molar-refractivity contribution in [2.45, 2.75) is 38.5 Å². The van der Waals surface area contributed by atoms with Crippen molar-refractivity contribution in [3.05, 3.63) is 12.7 Å². The van der Waals surface area contributed by atoms with E-state index < -0.39 is 0 Å². The van der Waals surface area contributed by atoms with Crippen LogP contribution in [0.5, 0.6) is 0 Å². The first-order chi connectivity index (χ1) is 5.88. The van der Waals surface area contributed by atoms with Crippen LogP contribution in [-0.2, 0) is 0 Å². The zero-order valence-electron chi connectivity index (χ0n) is 7.97. The molecule has 0 heterocycles. The topological polar surface area (TPSA) is 26.0 Å². The van der Waals surface area contributed by atoms with Gasteiger partial charge in [-0.1, -0.05) is 18.9 Å². The Kier molecular flexibility index (Phi) is 4.37. The van der Waals surface area contributed by atoms with Gasteiger partial charge in [-0.15, -0.1) is 6.58 Å². The van der Waals surface area contributed by atoms with Crippen molar-refractivity contribution in [3.8, 4) is 0 Å². The fraction of sp³-hybridized carbons (Fsp3) is 0.818. The summed E-state index contributed by atoms with van der Waals surface area (Å²) >= 11 is 0. The molecule has 0 amide bonds. The molecule has 70 valence electrons. The second-order valence-corrected chi connectivity index (χ2v) is 3.91. The van der Waals surface area contributed by atoms with Gasteiger partial charge < -0.3 is 5.73 Å². The van der Waals surface area contributed by atoms with Crippen LogP contribution in [-0.4, -0.2) is 6.54 Å². The summed E-state index contributed by atoms with van der Waals surface area (Å²) in [5, 5.41) is 0. The van der Waals surface area contributed by atoms with E-state index in [1.165, 1.54) is 38.5 Å². The number of unbranched alkanes of at least 4 members (excludes halogenated alkanes) is 1. The summed E-state index contributed by atoms with van der Waals surface area (Å²) in [6.07, 6.45) is 10.1. The summed E-state index contributed by atoms with van der Waals surface area (Å²) in [6, 6.07) is 0. The molecule has 0 aromatic rings. The van der Waals surface area contributed by atoms with Crippen LogP contribution in [0.15, 0.2) is 12.7 Å². The summed E-state index contributed by atoms with van der Waals surface area (Å²) in [4.78, 5) is 0. The second-order valence-electron chi connectivity index (χ2n) is 3.91. The lowest BCUT2D eigenvalue weighted by Gasteiger charge is -2.16. The Labute approximate surface area is 76.0 Å². The van der Waals surface area contributed by atoms with E-state index in [0.29, 0.717) is 0 Å². The second kappa shape index (κ2) is 5.36. The van der Waals surface area contributed by atoms with Crippen LogP contribution < -0.4 is 5.73 Å². The molecule has 0 saturated heterocycles. The standard InChI is InChI=1S/C11H21N/c1-2-3-4-6-10-7-5-8-11(10)9-12/h2,10-11H,1,3-9,12H2. The Balaban J connectivity index is 2.16. The molecule has 1 heteroatoms. The van der Waals surface area contributed by atoms with Crippen LogP contribution in [0.1, 0.15) is 38.5 Å². The number of hydrogen-bond acceptors (Lipinski definition) is 1. The van der Waals surface area contributed by atoms with E-state index in [9.17, 15) is 0 Å². The van der Waals surface area contributed by atoms with Gasteiger partial charge in [-0.05, 0) is 44.1 Å². The third-order valence-corrected chi connectivity index (χ3v) is 3.10. The predicted octanol–water partition coefficient (Wildman–Crippen LogP) is 2.72. The molecule has 1 rings (SSSR count). The van der Waals surface area contributed by atoms with E-state index in [1.54, 1.807) is 0 Å². The lowest BCUT2D eigenvalue weighted by Crippen LogP contribution is -2.18. The maximum atomic E-state index is 5.71. The number of hydrogen-bond donors (Lipinski definition) is 1. The summed E-state index contributed by atoms with van der Waals surface area (Å²) < 4.78 is 0. The predicted molar refractivity (Wildman–Crippen MR) is 53.9 cm³/mol. The van der Waals surface area contributed by atoms with Gasteiger partial charge in [-0.25, -0.2) is 0 Å². The number of allylic oxidation sites excluding steroid dienone is 1. The minimum atomic E-state index is 0.829. The summed E-state index contributed by atoms with van der Waals surface area (Å²) in [5.74, 6) is 1.75. The van der Waals surface area contributed by atoms with Gasteiger partial charge in [-0.2, -0.15) is 0 Å². The van der Waals surface area contributed by atoms with Crippen LogP contribution in [0.3, 0.4) is 0 Å². The van der Waals surface area contributed by atoms with Crippen molar-refractivity contribution >= 4 is 0 Å². The number of nitrogens with two attached hydrogens (primary N) is 1. The fourth-order valence-corrected chi connectivity index (χ4v) is 2.33. The van der Waals surface area contributed by atoms with Crippen LogP contribution in [0.4, 0.5) is 0 Å². The molecule has 2 N–H and O–H groups in total. The van der Waals surface area contributed by atoms with Gasteiger partial charge in [0.1, 0.15) is 0 Å². The van der Waals surface area contributed by atoms with E-state index >= 15 is 0 Å². The lowest BCUT2D eigenvalue weighted by atomic mass is 9.91. The summed E-state index contributed by atoms with van der Waals surface area (Å²) in [6.45, 7) is 4.64. The highest BCUT2D eigenvalue weighted by Crippen LogP contribution is 2.34. The Morgan fingerprint density at radius 3 is 2.75 bits per heavy atom. The maximum absolute atomic E-state index is 5.71. The van der Waals surface area contributed by atoms with Crippen molar-refractivity contribution < 1.29 is 0 Å². The first kappa shape index (κ1) is 9.79. The Morgan fingerprint density at radius 1 is 1.33 bits per heavy atom. The molecule has 0 bridgehead atoms. The largest absolute Gasteiger partial charge is 0.330 e. The normalized spacial score (nSPS) is 29.1. The molecular formula is C11H21N. The van der Waals surface area contributed by atoms with Crippen molar-refractivity contribution in [3.63, 3.8) is 0 Å². The zero-order chi connectivity index (χ0) is 8.81. The highest BCUT2D eigenvalue weighted by Gasteiger charge is 2.24. The molecule has 2 unspecified atom stereocenters. The molecule has 1 nitrogen and oxygen atoms in total. The van der Waals surface area contributed by atoms with E-state index in [1.807, 2.05) is 6.08 Å². The van der Waals surface area contributed by atoms with Crippen LogP contribution in [0, 0.1) is 11.8 Å². The minimum Gasteiger partial charge on any atom is -0.330 e. The molecule has 12 heavy (non-hydrogen) atoms. The highest BCUT2D eigenvalue weighted by atomic mass is 14.6. The highest BCUT2D eigenvalue weighted by molar-refractivity contribution is 4.79. The molecule has 0 radical (unpaired) electrons.